The van der Waals surface area contributed by atoms with E-state index in [2.05, 4.69) is 0 Å². The molecule has 4 N–H and O–H groups in total. The van der Waals surface area contributed by atoms with E-state index in [-0.39, 0.29) is 0 Å². The zero-order valence-electron chi connectivity index (χ0n) is 8.36. The average Bonchev–Trinajstić information content (AvgIpc) is 2.26. The van der Waals surface area contributed by atoms with Crippen molar-refractivity contribution in [1.29, 1.82) is 0 Å². The molecular weight excluding hydrogens is 208 g/mol. The van der Waals surface area contributed by atoms with Crippen LogP contribution in [0.4, 0.5) is 11.4 Å². The Kier molecular flexibility index (Phi) is 2.70. The Morgan fingerprint density at radius 3 is 2.47 bits per heavy atom. The van der Waals surface area contributed by atoms with Crippen LogP contribution in [0.1, 0.15) is 0 Å². The van der Waals surface area contributed by atoms with Gasteiger partial charge < -0.3 is 15.7 Å². The molecule has 0 fully saturated rings. The van der Waals surface area contributed by atoms with Crippen LogP contribution in [0.25, 0.3) is 10.8 Å². The quantitative estimate of drug-likeness (QED) is 0.603. The fraction of sp³-hybridized carbons (Fsp3) is 0.0909. The molecule has 0 saturated carbocycles. The van der Waals surface area contributed by atoms with E-state index in [4.69, 9.17) is 15.7 Å². The number of hydrogen-bond donors (Lipinski definition) is 2. The van der Waals surface area contributed by atoms with E-state index in [1.54, 1.807) is 7.11 Å². The van der Waals surface area contributed by atoms with E-state index in [1.807, 2.05) is 30.3 Å². The van der Waals surface area contributed by atoms with Crippen LogP contribution in [0.5, 0.6) is 0 Å². The van der Waals surface area contributed by atoms with Gasteiger partial charge in [0.2, 0.25) is 0 Å². The fourth-order valence-corrected chi connectivity index (χ4v) is 2.17. The first-order valence-electron chi connectivity index (χ1n) is 4.51. The zero-order valence-corrected chi connectivity index (χ0v) is 9.17. The second-order valence-corrected chi connectivity index (χ2v) is 4.11. The number of fused-ring (bicyclic) bond motifs is 1. The Balaban J connectivity index is 2.76. The molecule has 2 aromatic rings. The number of nitrogens with two attached hydrogens (primary N) is 2. The minimum atomic E-state index is 0.591. The number of benzene rings is 2. The highest BCUT2D eigenvalue weighted by Gasteiger charge is 2.07. The van der Waals surface area contributed by atoms with Gasteiger partial charge in [0.05, 0.1) is 18.5 Å². The second-order valence-electron chi connectivity index (χ2n) is 3.17. The van der Waals surface area contributed by atoms with Gasteiger partial charge in [0.25, 0.3) is 0 Å². The molecule has 0 aromatic heterocycles. The van der Waals surface area contributed by atoms with Crippen LogP contribution in [0, 0.1) is 0 Å². The van der Waals surface area contributed by atoms with Gasteiger partial charge in [-0.1, -0.05) is 24.3 Å². The summed E-state index contributed by atoms with van der Waals surface area (Å²) < 4.78 is 5.05. The Labute approximate surface area is 92.6 Å². The van der Waals surface area contributed by atoms with Gasteiger partial charge in [-0.15, -0.1) is 0 Å². The molecule has 3 nitrogen and oxygen atoms in total. The summed E-state index contributed by atoms with van der Waals surface area (Å²) in [7, 11) is 1.63. The normalized spacial score (nSPS) is 10.7. The number of rotatable bonds is 2. The Hall–Kier alpha value is -1.39. The summed E-state index contributed by atoms with van der Waals surface area (Å²) in [5.74, 6) is 0. The van der Waals surface area contributed by atoms with Gasteiger partial charge in [0, 0.05) is 22.3 Å². The lowest BCUT2D eigenvalue weighted by atomic mass is 10.1. The lowest BCUT2D eigenvalue weighted by Crippen LogP contribution is -1.96. The van der Waals surface area contributed by atoms with Crippen LogP contribution in [0.3, 0.4) is 0 Å². The minimum absolute atomic E-state index is 0.591. The number of anilines is 2. The molecule has 2 aromatic carbocycles. The van der Waals surface area contributed by atoms with Gasteiger partial charge in [-0.3, -0.25) is 0 Å². The van der Waals surface area contributed by atoms with Crippen LogP contribution in [-0.4, -0.2) is 7.11 Å². The van der Waals surface area contributed by atoms with E-state index in [0.29, 0.717) is 11.4 Å². The standard InChI is InChI=1S/C11H12N2OS/c1-14-15-10-6-9(12)11(13)8-5-3-2-4-7(8)10/h2-6H,12-13H2,1H3. The van der Waals surface area contributed by atoms with Crippen molar-refractivity contribution in [3.8, 4) is 0 Å². The molecular formula is C11H12N2OS. The third-order valence-corrected chi connectivity index (χ3v) is 2.94. The van der Waals surface area contributed by atoms with Gasteiger partial charge in [0.1, 0.15) is 0 Å². The summed E-state index contributed by atoms with van der Waals surface area (Å²) >= 11 is 1.29. The second kappa shape index (κ2) is 4.00. The maximum absolute atomic E-state index is 5.91. The van der Waals surface area contributed by atoms with Crippen LogP contribution >= 0.6 is 12.0 Å². The molecule has 0 bridgehead atoms. The Bertz CT molecular complexity index is 499. The first kappa shape index (κ1) is 10.1. The molecule has 0 heterocycles. The molecule has 0 saturated heterocycles. The minimum Gasteiger partial charge on any atom is -0.397 e. The smallest absolute Gasteiger partial charge is 0.0628 e. The average molecular weight is 220 g/mol. The largest absolute Gasteiger partial charge is 0.397 e. The summed E-state index contributed by atoms with van der Waals surface area (Å²) in [6.45, 7) is 0. The lowest BCUT2D eigenvalue weighted by Gasteiger charge is -2.09. The highest BCUT2D eigenvalue weighted by atomic mass is 32.2. The zero-order chi connectivity index (χ0) is 10.8. The summed E-state index contributed by atoms with van der Waals surface area (Å²) in [5, 5.41) is 2.04. The lowest BCUT2D eigenvalue weighted by molar-refractivity contribution is 0.490. The van der Waals surface area contributed by atoms with Crippen molar-refractivity contribution in [2.24, 2.45) is 0 Å². The molecule has 0 atom stereocenters. The highest BCUT2D eigenvalue weighted by Crippen LogP contribution is 2.35. The van der Waals surface area contributed by atoms with Gasteiger partial charge >= 0.3 is 0 Å². The molecule has 0 spiro atoms. The summed E-state index contributed by atoms with van der Waals surface area (Å²) in [6, 6.07) is 9.72. The van der Waals surface area contributed by atoms with E-state index in [1.165, 1.54) is 12.0 Å². The molecule has 0 radical (unpaired) electrons. The van der Waals surface area contributed by atoms with E-state index < -0.39 is 0 Å². The molecule has 78 valence electrons. The monoisotopic (exact) mass is 220 g/mol. The molecule has 15 heavy (non-hydrogen) atoms. The maximum atomic E-state index is 5.91. The van der Waals surface area contributed by atoms with Gasteiger partial charge in [0.15, 0.2) is 0 Å². The van der Waals surface area contributed by atoms with Crippen LogP contribution in [0.15, 0.2) is 35.2 Å². The SMILES string of the molecule is COSc1cc(N)c(N)c2ccccc12. The fourth-order valence-electron chi connectivity index (χ4n) is 1.54. The van der Waals surface area contributed by atoms with Gasteiger partial charge in [-0.2, -0.15) is 0 Å². The third kappa shape index (κ3) is 1.73. The molecule has 0 unspecified atom stereocenters. The topological polar surface area (TPSA) is 61.3 Å². The van der Waals surface area contributed by atoms with Gasteiger partial charge in [-0.05, 0) is 11.5 Å². The number of nitrogen functional groups attached to an aromatic ring is 2. The molecule has 0 amide bonds. The molecule has 0 aliphatic carbocycles. The van der Waals surface area contributed by atoms with E-state index in [0.717, 1.165) is 15.7 Å². The van der Waals surface area contributed by atoms with Crippen LogP contribution < -0.4 is 11.5 Å². The van der Waals surface area contributed by atoms with Crippen molar-refractivity contribution >= 4 is 34.2 Å². The first-order valence-corrected chi connectivity index (χ1v) is 5.25. The molecule has 2 rings (SSSR count). The van der Waals surface area contributed by atoms with Crippen molar-refractivity contribution in [3.05, 3.63) is 30.3 Å². The first-order chi connectivity index (χ1) is 7.24. The predicted molar refractivity (Wildman–Crippen MR) is 65.6 cm³/mol. The van der Waals surface area contributed by atoms with Crippen molar-refractivity contribution in [3.63, 3.8) is 0 Å². The van der Waals surface area contributed by atoms with Crippen molar-refractivity contribution in [2.45, 2.75) is 4.90 Å². The van der Waals surface area contributed by atoms with Crippen LogP contribution in [0.2, 0.25) is 0 Å². The summed E-state index contributed by atoms with van der Waals surface area (Å²) in [4.78, 5) is 0.986. The molecule has 4 heteroatoms. The van der Waals surface area contributed by atoms with Crippen molar-refractivity contribution in [1.82, 2.24) is 0 Å². The maximum Gasteiger partial charge on any atom is 0.0628 e. The van der Waals surface area contributed by atoms with Crippen LogP contribution in [-0.2, 0) is 4.18 Å². The number of hydrogen-bond acceptors (Lipinski definition) is 4. The summed E-state index contributed by atoms with van der Waals surface area (Å²) in [5.41, 5.74) is 13.0. The Morgan fingerprint density at radius 2 is 1.80 bits per heavy atom. The summed E-state index contributed by atoms with van der Waals surface area (Å²) in [6.07, 6.45) is 0. The van der Waals surface area contributed by atoms with E-state index >= 15 is 0 Å². The predicted octanol–water partition coefficient (Wildman–Crippen LogP) is 2.66. The highest BCUT2D eigenvalue weighted by molar-refractivity contribution is 7.94. The molecule has 0 aliphatic rings. The van der Waals surface area contributed by atoms with Gasteiger partial charge in [-0.25, -0.2) is 0 Å². The molecule has 0 aliphatic heterocycles. The van der Waals surface area contributed by atoms with Crippen molar-refractivity contribution < 1.29 is 4.18 Å². The van der Waals surface area contributed by atoms with Crippen molar-refractivity contribution in [2.75, 3.05) is 18.6 Å². The Morgan fingerprint density at radius 1 is 1.13 bits per heavy atom. The van der Waals surface area contributed by atoms with E-state index in [9.17, 15) is 0 Å². The third-order valence-electron chi connectivity index (χ3n) is 2.25.